The molecule has 3 aliphatic rings. The summed E-state index contributed by atoms with van der Waals surface area (Å²) in [5.74, 6) is 1.95. The van der Waals surface area contributed by atoms with Crippen LogP contribution in [-0.4, -0.2) is 35.1 Å². The molecule has 3 aliphatic carbocycles. The van der Waals surface area contributed by atoms with Gasteiger partial charge in [-0.15, -0.1) is 0 Å². The van der Waals surface area contributed by atoms with Crippen LogP contribution in [0, 0.1) is 23.2 Å². The number of aliphatic hydroxyl groups is 2. The van der Waals surface area contributed by atoms with E-state index in [4.69, 9.17) is 4.74 Å². The third kappa shape index (κ3) is 5.43. The summed E-state index contributed by atoms with van der Waals surface area (Å²) in [5.41, 5.74) is 3.54. The fraction of sp³-hybridized carbons (Fsp3) is 0.714. The van der Waals surface area contributed by atoms with E-state index in [1.807, 2.05) is 0 Å². The molecule has 0 aromatic carbocycles. The lowest BCUT2D eigenvalue weighted by molar-refractivity contribution is 0.0253. The second-order valence-corrected chi connectivity index (χ2v) is 11.1. The lowest BCUT2D eigenvalue weighted by atomic mass is 9.61. The summed E-state index contributed by atoms with van der Waals surface area (Å²) in [6.07, 6.45) is 16.5. The number of methoxy groups -OCH3 is 1. The Morgan fingerprint density at radius 2 is 1.87 bits per heavy atom. The van der Waals surface area contributed by atoms with Crippen LogP contribution in [0.1, 0.15) is 79.1 Å². The van der Waals surface area contributed by atoms with E-state index in [-0.39, 0.29) is 5.60 Å². The highest BCUT2D eigenvalue weighted by molar-refractivity contribution is 5.29. The summed E-state index contributed by atoms with van der Waals surface area (Å²) in [4.78, 5) is 0. The van der Waals surface area contributed by atoms with E-state index in [9.17, 15) is 10.2 Å². The number of aliphatic hydroxyl groups excluding tert-OH is 2. The third-order valence-electron chi connectivity index (χ3n) is 8.57. The zero-order valence-electron chi connectivity index (χ0n) is 20.4. The molecule has 174 valence electrons. The Morgan fingerprint density at radius 3 is 2.52 bits per heavy atom. The Hall–Kier alpha value is -1.16. The van der Waals surface area contributed by atoms with Crippen molar-refractivity contribution in [2.45, 2.75) is 96.9 Å². The number of ether oxygens (including phenoxy) is 1. The van der Waals surface area contributed by atoms with Crippen LogP contribution in [0.25, 0.3) is 0 Å². The van der Waals surface area contributed by atoms with Gasteiger partial charge in [0.15, 0.2) is 0 Å². The summed E-state index contributed by atoms with van der Waals surface area (Å²) in [7, 11) is 1.79. The molecule has 6 atom stereocenters. The van der Waals surface area contributed by atoms with E-state index in [1.54, 1.807) is 12.7 Å². The van der Waals surface area contributed by atoms with E-state index >= 15 is 0 Å². The minimum Gasteiger partial charge on any atom is -0.388 e. The maximum atomic E-state index is 10.1. The van der Waals surface area contributed by atoms with E-state index in [0.29, 0.717) is 35.7 Å². The second kappa shape index (κ2) is 9.77. The second-order valence-electron chi connectivity index (χ2n) is 11.1. The Bertz CT molecular complexity index is 727. The van der Waals surface area contributed by atoms with Gasteiger partial charge in [-0.3, -0.25) is 0 Å². The fourth-order valence-electron chi connectivity index (χ4n) is 6.35. The summed E-state index contributed by atoms with van der Waals surface area (Å²) >= 11 is 0. The molecule has 3 nitrogen and oxygen atoms in total. The molecule has 3 rings (SSSR count). The Morgan fingerprint density at radius 1 is 1.19 bits per heavy atom. The van der Waals surface area contributed by atoms with Gasteiger partial charge in [0.25, 0.3) is 0 Å². The van der Waals surface area contributed by atoms with Gasteiger partial charge in [0, 0.05) is 7.11 Å². The monoisotopic (exact) mass is 428 g/mol. The maximum Gasteiger partial charge on any atom is 0.0809 e. The van der Waals surface area contributed by atoms with Crippen molar-refractivity contribution in [1.82, 2.24) is 0 Å². The van der Waals surface area contributed by atoms with E-state index in [2.05, 4.69) is 58.6 Å². The van der Waals surface area contributed by atoms with Crippen molar-refractivity contribution in [2.75, 3.05) is 7.11 Å². The molecule has 0 unspecified atom stereocenters. The third-order valence-corrected chi connectivity index (χ3v) is 8.57. The predicted molar refractivity (Wildman–Crippen MR) is 129 cm³/mol. The molecular formula is C28H44O3. The Balaban J connectivity index is 1.70. The van der Waals surface area contributed by atoms with Crippen molar-refractivity contribution in [3.8, 4) is 0 Å². The quantitative estimate of drug-likeness (QED) is 0.500. The maximum absolute atomic E-state index is 10.1. The topological polar surface area (TPSA) is 49.7 Å². The summed E-state index contributed by atoms with van der Waals surface area (Å²) in [6.45, 7) is 13.0. The summed E-state index contributed by atoms with van der Waals surface area (Å²) in [5, 5.41) is 20.3. The van der Waals surface area contributed by atoms with Gasteiger partial charge in [-0.1, -0.05) is 55.9 Å². The van der Waals surface area contributed by atoms with Crippen LogP contribution in [0.2, 0.25) is 0 Å². The highest BCUT2D eigenvalue weighted by Crippen LogP contribution is 2.59. The standard InChI is InChI=1S/C28H44O3/c1-19(9-7-15-27(3,4)31-6)23-13-14-24-22(10-8-16-28(23,24)5)12-11-21-17-25(29)20(2)26(30)18-21/h7,9,11-12,19,23-26,29-30H,2,8,10,13-18H2,1,3-6H3/b9-7+,22-12+/t19-,23+,24-,25+,26+,28+/m0/s1. The van der Waals surface area contributed by atoms with Gasteiger partial charge >= 0.3 is 0 Å². The number of allylic oxidation sites excluding steroid dienone is 4. The first kappa shape index (κ1) is 24.5. The molecule has 3 heteroatoms. The molecule has 0 aromatic heterocycles. The lowest BCUT2D eigenvalue weighted by Crippen LogP contribution is -2.35. The molecule has 0 spiro atoms. The molecule has 0 heterocycles. The van der Waals surface area contributed by atoms with Crippen molar-refractivity contribution < 1.29 is 14.9 Å². The van der Waals surface area contributed by atoms with Crippen molar-refractivity contribution in [2.24, 2.45) is 23.2 Å². The number of rotatable bonds is 6. The molecule has 3 saturated carbocycles. The van der Waals surface area contributed by atoms with Crippen molar-refractivity contribution in [3.05, 3.63) is 47.6 Å². The largest absolute Gasteiger partial charge is 0.388 e. The van der Waals surface area contributed by atoms with E-state index in [1.165, 1.54) is 32.1 Å². The van der Waals surface area contributed by atoms with Gasteiger partial charge in [-0.2, -0.15) is 0 Å². The van der Waals surface area contributed by atoms with E-state index < -0.39 is 12.2 Å². The van der Waals surface area contributed by atoms with Gasteiger partial charge in [0.2, 0.25) is 0 Å². The zero-order valence-corrected chi connectivity index (χ0v) is 20.4. The SMILES string of the molecule is C=C1[C@H](O)CC(=C/C=C2\CCC[C@]3(C)[C@@H]([C@@H](C)/C=C/CC(C)(C)OC)CC[C@@H]23)C[C@H]1O. The van der Waals surface area contributed by atoms with Gasteiger partial charge in [-0.05, 0) is 94.0 Å². The average Bonchev–Trinajstić information content (AvgIpc) is 3.07. The van der Waals surface area contributed by atoms with Crippen molar-refractivity contribution in [1.29, 1.82) is 0 Å². The first-order chi connectivity index (χ1) is 14.6. The minimum atomic E-state index is -0.614. The zero-order chi connectivity index (χ0) is 22.8. The van der Waals surface area contributed by atoms with E-state index in [0.717, 1.165) is 17.9 Å². The first-order valence-corrected chi connectivity index (χ1v) is 12.2. The molecule has 0 saturated heterocycles. The van der Waals surface area contributed by atoms with Crippen molar-refractivity contribution in [3.63, 3.8) is 0 Å². The van der Waals surface area contributed by atoms with Gasteiger partial charge in [-0.25, -0.2) is 0 Å². The fourth-order valence-corrected chi connectivity index (χ4v) is 6.35. The van der Waals surface area contributed by atoms with Crippen LogP contribution < -0.4 is 0 Å². The molecule has 0 aliphatic heterocycles. The average molecular weight is 429 g/mol. The lowest BCUT2D eigenvalue weighted by Gasteiger charge is -2.44. The predicted octanol–water partition coefficient (Wildman–Crippen LogP) is 6.13. The molecule has 0 radical (unpaired) electrons. The number of fused-ring (bicyclic) bond motifs is 1. The van der Waals surface area contributed by atoms with Crippen molar-refractivity contribution >= 4 is 0 Å². The van der Waals surface area contributed by atoms with Gasteiger partial charge in [0.05, 0.1) is 17.8 Å². The first-order valence-electron chi connectivity index (χ1n) is 12.2. The normalized spacial score (nSPS) is 36.8. The van der Waals surface area contributed by atoms with Crippen LogP contribution in [0.5, 0.6) is 0 Å². The smallest absolute Gasteiger partial charge is 0.0809 e. The van der Waals surface area contributed by atoms with Crippen LogP contribution >= 0.6 is 0 Å². The molecule has 0 aromatic rings. The van der Waals surface area contributed by atoms with Crippen LogP contribution in [0.4, 0.5) is 0 Å². The Labute approximate surface area is 190 Å². The molecule has 3 fully saturated rings. The summed E-state index contributed by atoms with van der Waals surface area (Å²) in [6, 6.07) is 0. The number of hydrogen-bond donors (Lipinski definition) is 2. The van der Waals surface area contributed by atoms with Crippen LogP contribution in [0.3, 0.4) is 0 Å². The molecule has 0 bridgehead atoms. The highest BCUT2D eigenvalue weighted by Gasteiger charge is 2.50. The highest BCUT2D eigenvalue weighted by atomic mass is 16.5. The Kier molecular flexibility index (Phi) is 7.71. The summed E-state index contributed by atoms with van der Waals surface area (Å²) < 4.78 is 5.56. The molecule has 31 heavy (non-hydrogen) atoms. The van der Waals surface area contributed by atoms with Gasteiger partial charge < -0.3 is 14.9 Å². The molecule has 0 amide bonds. The van der Waals surface area contributed by atoms with Crippen LogP contribution in [0.15, 0.2) is 47.6 Å². The molecular weight excluding hydrogens is 384 g/mol. The van der Waals surface area contributed by atoms with Gasteiger partial charge in [0.1, 0.15) is 0 Å². The minimum absolute atomic E-state index is 0.0980. The number of hydrogen-bond acceptors (Lipinski definition) is 3. The molecule has 2 N–H and O–H groups in total. The van der Waals surface area contributed by atoms with Crippen LogP contribution in [-0.2, 0) is 4.74 Å².